The number of carbonyl (C=O) groups is 2. The first-order chi connectivity index (χ1) is 12.7. The van der Waals surface area contributed by atoms with E-state index in [1.165, 1.54) is 0 Å². The molecule has 0 radical (unpaired) electrons. The van der Waals surface area contributed by atoms with E-state index in [0.29, 0.717) is 21.4 Å². The third-order valence-corrected chi connectivity index (χ3v) is 4.34. The minimum Gasteiger partial charge on any atom is -0.462 e. The van der Waals surface area contributed by atoms with Crippen LogP contribution in [0.3, 0.4) is 0 Å². The monoisotopic (exact) mass is 367 g/mol. The van der Waals surface area contributed by atoms with Crippen LogP contribution in [0.5, 0.6) is 0 Å². The van der Waals surface area contributed by atoms with Gasteiger partial charge in [0.25, 0.3) is 0 Å². The van der Waals surface area contributed by atoms with Gasteiger partial charge in [0.15, 0.2) is 5.13 Å². The van der Waals surface area contributed by atoms with Crippen molar-refractivity contribution in [3.63, 3.8) is 0 Å². The number of rotatable bonds is 5. The lowest BCUT2D eigenvalue weighted by atomic mass is 10.1. The molecule has 6 nitrogen and oxygen atoms in total. The molecule has 0 atom stereocenters. The van der Waals surface area contributed by atoms with Crippen molar-refractivity contribution in [2.24, 2.45) is 0 Å². The molecule has 0 bridgehead atoms. The van der Waals surface area contributed by atoms with Gasteiger partial charge in [0.05, 0.1) is 12.3 Å². The average Bonchev–Trinajstić information content (AvgIpc) is 3.07. The fourth-order valence-electron chi connectivity index (χ4n) is 2.28. The van der Waals surface area contributed by atoms with E-state index in [9.17, 15) is 9.59 Å². The molecule has 0 aliphatic heterocycles. The summed E-state index contributed by atoms with van der Waals surface area (Å²) in [6, 6.07) is 17.9. The van der Waals surface area contributed by atoms with Crippen molar-refractivity contribution in [1.29, 1.82) is 0 Å². The van der Waals surface area contributed by atoms with Gasteiger partial charge in [-0.3, -0.25) is 5.32 Å². The van der Waals surface area contributed by atoms with Crippen LogP contribution in [0.15, 0.2) is 60.7 Å². The summed E-state index contributed by atoms with van der Waals surface area (Å²) >= 11 is 1.08. The molecule has 26 heavy (non-hydrogen) atoms. The molecular formula is C19H17N3O3S. The predicted molar refractivity (Wildman–Crippen MR) is 103 cm³/mol. The molecule has 0 saturated carbocycles. The van der Waals surface area contributed by atoms with Crippen molar-refractivity contribution in [1.82, 2.24) is 4.98 Å². The normalized spacial score (nSPS) is 10.2. The molecule has 0 unspecified atom stereocenters. The number of hydrogen-bond donors (Lipinski definition) is 2. The Morgan fingerprint density at radius 1 is 1.00 bits per heavy atom. The Morgan fingerprint density at radius 2 is 1.65 bits per heavy atom. The number of benzene rings is 2. The van der Waals surface area contributed by atoms with Gasteiger partial charge in [-0.1, -0.05) is 59.9 Å². The zero-order valence-electron chi connectivity index (χ0n) is 14.1. The van der Waals surface area contributed by atoms with E-state index in [-0.39, 0.29) is 6.61 Å². The number of nitrogens with one attached hydrogen (secondary N) is 2. The zero-order valence-corrected chi connectivity index (χ0v) is 14.9. The van der Waals surface area contributed by atoms with Gasteiger partial charge in [-0.15, -0.1) is 0 Å². The van der Waals surface area contributed by atoms with E-state index in [1.807, 2.05) is 48.5 Å². The Hall–Kier alpha value is -3.19. The summed E-state index contributed by atoms with van der Waals surface area (Å²) in [5, 5.41) is 5.70. The number of nitrogens with zero attached hydrogens (tertiary/aromatic N) is 1. The molecule has 2 N–H and O–H groups in total. The Balaban J connectivity index is 1.84. The third-order valence-electron chi connectivity index (χ3n) is 3.39. The zero-order chi connectivity index (χ0) is 18.4. The quantitative estimate of drug-likeness (QED) is 0.644. The van der Waals surface area contributed by atoms with Crippen molar-refractivity contribution >= 4 is 34.2 Å². The van der Waals surface area contributed by atoms with Crippen LogP contribution in [0.25, 0.3) is 11.3 Å². The van der Waals surface area contributed by atoms with Crippen molar-refractivity contribution in [2.45, 2.75) is 6.92 Å². The maximum Gasteiger partial charge on any atom is 0.350 e. The van der Waals surface area contributed by atoms with Crippen molar-refractivity contribution < 1.29 is 14.3 Å². The van der Waals surface area contributed by atoms with E-state index in [2.05, 4.69) is 15.6 Å². The molecular weight excluding hydrogens is 350 g/mol. The summed E-state index contributed by atoms with van der Waals surface area (Å²) in [5.41, 5.74) is 1.93. The number of anilines is 2. The standard InChI is InChI=1S/C19H17N3O3S/c1-2-25-17(23)16-15(13-9-5-3-6-10-13)21-19(26-16)22-18(24)20-14-11-7-4-8-12-14/h3-12H,2H2,1H3,(H2,20,21,22,24). The molecule has 7 heteroatoms. The third kappa shape index (κ3) is 4.25. The lowest BCUT2D eigenvalue weighted by Gasteiger charge is -2.04. The van der Waals surface area contributed by atoms with Crippen molar-refractivity contribution in [3.8, 4) is 11.3 Å². The first-order valence-corrected chi connectivity index (χ1v) is 8.85. The fourth-order valence-corrected chi connectivity index (χ4v) is 3.16. The van der Waals surface area contributed by atoms with Gasteiger partial charge < -0.3 is 10.1 Å². The maximum atomic E-state index is 12.2. The molecule has 132 valence electrons. The van der Waals surface area contributed by atoms with Crippen LogP contribution < -0.4 is 10.6 Å². The van der Waals surface area contributed by atoms with Gasteiger partial charge in [0.2, 0.25) is 0 Å². The van der Waals surface area contributed by atoms with Gasteiger partial charge in [-0.25, -0.2) is 14.6 Å². The first kappa shape index (κ1) is 17.6. The average molecular weight is 367 g/mol. The van der Waals surface area contributed by atoms with Crippen LogP contribution in [0.1, 0.15) is 16.6 Å². The largest absolute Gasteiger partial charge is 0.462 e. The maximum absolute atomic E-state index is 12.2. The fraction of sp³-hybridized carbons (Fsp3) is 0.105. The molecule has 0 aliphatic rings. The van der Waals surface area contributed by atoms with E-state index in [4.69, 9.17) is 4.74 Å². The van der Waals surface area contributed by atoms with E-state index >= 15 is 0 Å². The van der Waals surface area contributed by atoms with Crippen LogP contribution in [0.2, 0.25) is 0 Å². The lowest BCUT2D eigenvalue weighted by Crippen LogP contribution is -2.19. The summed E-state index contributed by atoms with van der Waals surface area (Å²) in [7, 11) is 0. The molecule has 3 rings (SSSR count). The minimum absolute atomic E-state index is 0.266. The number of aromatic nitrogens is 1. The van der Waals surface area contributed by atoms with Crippen LogP contribution >= 0.6 is 11.3 Å². The number of urea groups is 1. The summed E-state index contributed by atoms with van der Waals surface area (Å²) in [5.74, 6) is -0.458. The van der Waals surface area contributed by atoms with Crippen LogP contribution in [0, 0.1) is 0 Å². The molecule has 1 heterocycles. The van der Waals surface area contributed by atoms with Gasteiger partial charge in [0, 0.05) is 11.3 Å². The Kier molecular flexibility index (Phi) is 5.60. The summed E-state index contributed by atoms with van der Waals surface area (Å²) < 4.78 is 5.11. The number of carbonyl (C=O) groups excluding carboxylic acids is 2. The molecule has 0 spiro atoms. The molecule has 2 amide bonds. The van der Waals surface area contributed by atoms with Gasteiger partial charge in [0.1, 0.15) is 4.88 Å². The smallest absolute Gasteiger partial charge is 0.350 e. The molecule has 0 aliphatic carbocycles. The Bertz CT molecular complexity index is 895. The highest BCUT2D eigenvalue weighted by atomic mass is 32.1. The number of amides is 2. The second-order valence-electron chi connectivity index (χ2n) is 5.23. The highest BCUT2D eigenvalue weighted by Gasteiger charge is 2.21. The van der Waals surface area contributed by atoms with E-state index in [1.54, 1.807) is 19.1 Å². The van der Waals surface area contributed by atoms with Crippen LogP contribution in [-0.2, 0) is 4.74 Å². The summed E-state index contributed by atoms with van der Waals surface area (Å²) in [6.45, 7) is 2.01. The van der Waals surface area contributed by atoms with Crippen molar-refractivity contribution in [2.75, 3.05) is 17.2 Å². The molecule has 0 saturated heterocycles. The Morgan fingerprint density at radius 3 is 2.31 bits per heavy atom. The van der Waals surface area contributed by atoms with Gasteiger partial charge in [-0.2, -0.15) is 0 Å². The lowest BCUT2D eigenvalue weighted by molar-refractivity contribution is 0.0532. The van der Waals surface area contributed by atoms with E-state index in [0.717, 1.165) is 16.9 Å². The number of thiazole rings is 1. The minimum atomic E-state index is -0.458. The number of esters is 1. The number of para-hydroxylation sites is 1. The predicted octanol–water partition coefficient (Wildman–Crippen LogP) is 4.63. The Labute approximate surface area is 154 Å². The summed E-state index contributed by atoms with van der Waals surface area (Å²) in [6.07, 6.45) is 0. The van der Waals surface area contributed by atoms with E-state index < -0.39 is 12.0 Å². The second-order valence-corrected chi connectivity index (χ2v) is 6.23. The van der Waals surface area contributed by atoms with Crippen LogP contribution in [-0.4, -0.2) is 23.6 Å². The molecule has 0 fully saturated rings. The number of ether oxygens (including phenoxy) is 1. The molecule has 1 aromatic heterocycles. The first-order valence-electron chi connectivity index (χ1n) is 8.03. The second kappa shape index (κ2) is 8.26. The van der Waals surface area contributed by atoms with Crippen molar-refractivity contribution in [3.05, 3.63) is 65.5 Å². The van der Waals surface area contributed by atoms with Crippen LogP contribution in [0.4, 0.5) is 15.6 Å². The van der Waals surface area contributed by atoms with Gasteiger partial charge >= 0.3 is 12.0 Å². The highest BCUT2D eigenvalue weighted by molar-refractivity contribution is 7.18. The summed E-state index contributed by atoms with van der Waals surface area (Å²) in [4.78, 5) is 29.2. The number of hydrogen-bond acceptors (Lipinski definition) is 5. The topological polar surface area (TPSA) is 80.3 Å². The highest BCUT2D eigenvalue weighted by Crippen LogP contribution is 2.31. The molecule has 3 aromatic rings. The van der Waals surface area contributed by atoms with Gasteiger partial charge in [-0.05, 0) is 19.1 Å². The molecule has 2 aromatic carbocycles. The SMILES string of the molecule is CCOC(=O)c1sc(NC(=O)Nc2ccccc2)nc1-c1ccccc1.